The van der Waals surface area contributed by atoms with Gasteiger partial charge in [-0.3, -0.25) is 14.6 Å². The van der Waals surface area contributed by atoms with E-state index in [4.69, 9.17) is 0 Å². The molecule has 6 nitrogen and oxygen atoms in total. The molecule has 1 fully saturated rings. The number of nitrogens with zero attached hydrogens (tertiary/aromatic N) is 2. The second-order valence-corrected chi connectivity index (χ2v) is 7.42. The van der Waals surface area contributed by atoms with E-state index in [2.05, 4.69) is 4.98 Å². The molecule has 156 valence electrons. The Bertz CT molecular complexity index is 1140. The van der Waals surface area contributed by atoms with Gasteiger partial charge in [-0.1, -0.05) is 43.3 Å². The molecule has 6 heteroatoms. The molecular formula is C25H22N2O4. The molecule has 0 radical (unpaired) electrons. The summed E-state index contributed by atoms with van der Waals surface area (Å²) in [5.41, 5.74) is 3.05. The van der Waals surface area contributed by atoms with Crippen molar-refractivity contribution < 1.29 is 19.8 Å². The van der Waals surface area contributed by atoms with Gasteiger partial charge in [-0.05, 0) is 47.4 Å². The highest BCUT2D eigenvalue weighted by molar-refractivity contribution is 6.46. The zero-order chi connectivity index (χ0) is 22.0. The fraction of sp³-hybridized carbons (Fsp3) is 0.160. The van der Waals surface area contributed by atoms with Crippen molar-refractivity contribution in [2.75, 3.05) is 0 Å². The fourth-order valence-corrected chi connectivity index (χ4v) is 3.78. The zero-order valence-corrected chi connectivity index (χ0v) is 17.0. The fourth-order valence-electron chi connectivity index (χ4n) is 3.78. The molecule has 1 aliphatic rings. The van der Waals surface area contributed by atoms with Crippen LogP contribution in [-0.4, -0.2) is 31.8 Å². The predicted molar refractivity (Wildman–Crippen MR) is 116 cm³/mol. The van der Waals surface area contributed by atoms with Crippen LogP contribution in [-0.2, 0) is 22.6 Å². The number of phenols is 1. The van der Waals surface area contributed by atoms with Gasteiger partial charge in [0.15, 0.2) is 0 Å². The summed E-state index contributed by atoms with van der Waals surface area (Å²) in [7, 11) is 0. The Morgan fingerprint density at radius 1 is 0.935 bits per heavy atom. The third-order valence-electron chi connectivity index (χ3n) is 5.49. The number of aromatic hydroxyl groups is 1. The first kappa shape index (κ1) is 20.3. The van der Waals surface area contributed by atoms with Crippen molar-refractivity contribution in [3.8, 4) is 5.75 Å². The molecule has 0 spiro atoms. The molecule has 0 saturated carbocycles. The number of rotatable bonds is 5. The molecule has 4 rings (SSSR count). The Balaban J connectivity index is 1.84. The monoisotopic (exact) mass is 414 g/mol. The summed E-state index contributed by atoms with van der Waals surface area (Å²) in [4.78, 5) is 31.4. The second-order valence-electron chi connectivity index (χ2n) is 7.42. The topological polar surface area (TPSA) is 90.7 Å². The van der Waals surface area contributed by atoms with Gasteiger partial charge in [-0.25, -0.2) is 0 Å². The van der Waals surface area contributed by atoms with Crippen LogP contribution in [0.1, 0.15) is 35.2 Å². The number of aryl methyl sites for hydroxylation is 1. The number of hydrogen-bond acceptors (Lipinski definition) is 5. The molecule has 1 saturated heterocycles. The van der Waals surface area contributed by atoms with E-state index < -0.39 is 17.7 Å². The Kier molecular flexibility index (Phi) is 5.54. The van der Waals surface area contributed by atoms with E-state index in [9.17, 15) is 19.8 Å². The lowest BCUT2D eigenvalue weighted by Crippen LogP contribution is -2.29. The van der Waals surface area contributed by atoms with Crippen LogP contribution < -0.4 is 0 Å². The maximum Gasteiger partial charge on any atom is 0.295 e. The summed E-state index contributed by atoms with van der Waals surface area (Å²) in [6, 6.07) is 16.3. The maximum absolute atomic E-state index is 13.0. The average Bonchev–Trinajstić information content (AvgIpc) is 3.05. The quantitative estimate of drug-likeness (QED) is 0.375. The number of phenolic OH excluding ortho intramolecular Hbond substituents is 1. The maximum atomic E-state index is 13.0. The second kappa shape index (κ2) is 8.44. The molecular weight excluding hydrogens is 392 g/mol. The summed E-state index contributed by atoms with van der Waals surface area (Å²) in [6.07, 6.45) is 4.10. The highest BCUT2D eigenvalue weighted by Crippen LogP contribution is 2.40. The lowest BCUT2D eigenvalue weighted by molar-refractivity contribution is -0.140. The van der Waals surface area contributed by atoms with Gasteiger partial charge in [0.05, 0.1) is 11.6 Å². The molecule has 1 unspecified atom stereocenters. The Labute approximate surface area is 180 Å². The summed E-state index contributed by atoms with van der Waals surface area (Å²) < 4.78 is 0. The van der Waals surface area contributed by atoms with E-state index in [-0.39, 0.29) is 23.6 Å². The third kappa shape index (κ3) is 3.92. The molecule has 3 aromatic rings. The molecule has 2 heterocycles. The van der Waals surface area contributed by atoms with Gasteiger partial charge in [0.2, 0.25) is 0 Å². The van der Waals surface area contributed by atoms with Crippen LogP contribution in [0.3, 0.4) is 0 Å². The van der Waals surface area contributed by atoms with Gasteiger partial charge in [0.1, 0.15) is 11.5 Å². The average molecular weight is 414 g/mol. The minimum absolute atomic E-state index is 0.0361. The molecule has 1 atom stereocenters. The normalized spacial score (nSPS) is 17.8. The molecule has 1 aromatic heterocycles. The van der Waals surface area contributed by atoms with Crippen LogP contribution in [0.15, 0.2) is 78.6 Å². The van der Waals surface area contributed by atoms with Crippen molar-refractivity contribution >= 4 is 17.4 Å². The van der Waals surface area contributed by atoms with Crippen LogP contribution in [0.5, 0.6) is 5.75 Å². The van der Waals surface area contributed by atoms with Crippen LogP contribution in [0, 0.1) is 0 Å². The van der Waals surface area contributed by atoms with Gasteiger partial charge < -0.3 is 15.1 Å². The highest BCUT2D eigenvalue weighted by Gasteiger charge is 2.46. The smallest absolute Gasteiger partial charge is 0.295 e. The Morgan fingerprint density at radius 2 is 1.58 bits per heavy atom. The SMILES string of the molecule is CCc1ccc(/C(O)=C2\C(=O)C(=O)N(Cc3ccncc3)C2c2ccc(O)cc2)cc1. The van der Waals surface area contributed by atoms with E-state index in [1.807, 2.05) is 19.1 Å². The third-order valence-corrected chi connectivity index (χ3v) is 5.49. The zero-order valence-electron chi connectivity index (χ0n) is 17.0. The Hall–Kier alpha value is -3.93. The molecule has 0 aliphatic carbocycles. The van der Waals surface area contributed by atoms with Crippen LogP contribution in [0.4, 0.5) is 0 Å². The van der Waals surface area contributed by atoms with Crippen molar-refractivity contribution in [3.63, 3.8) is 0 Å². The molecule has 31 heavy (non-hydrogen) atoms. The number of amides is 1. The first-order valence-corrected chi connectivity index (χ1v) is 10.0. The van der Waals surface area contributed by atoms with E-state index in [1.54, 1.807) is 48.8 Å². The van der Waals surface area contributed by atoms with E-state index in [0.29, 0.717) is 11.1 Å². The summed E-state index contributed by atoms with van der Waals surface area (Å²) in [5.74, 6) is -1.55. The molecule has 1 aliphatic heterocycles. The van der Waals surface area contributed by atoms with E-state index >= 15 is 0 Å². The van der Waals surface area contributed by atoms with Crippen LogP contribution in [0.2, 0.25) is 0 Å². The number of likely N-dealkylation sites (tertiary alicyclic amines) is 1. The number of ketones is 1. The van der Waals surface area contributed by atoms with E-state index in [0.717, 1.165) is 17.5 Å². The molecule has 1 amide bonds. The van der Waals surface area contributed by atoms with E-state index in [1.165, 1.54) is 17.0 Å². The van der Waals surface area contributed by atoms with Crippen molar-refractivity contribution in [2.45, 2.75) is 25.9 Å². The Morgan fingerprint density at radius 3 is 2.19 bits per heavy atom. The number of aliphatic hydroxyl groups is 1. The van der Waals surface area contributed by atoms with Crippen LogP contribution >= 0.6 is 0 Å². The number of carbonyl (C=O) groups is 2. The largest absolute Gasteiger partial charge is 0.508 e. The van der Waals surface area contributed by atoms with Gasteiger partial charge >= 0.3 is 0 Å². The number of aliphatic hydroxyl groups excluding tert-OH is 1. The number of Topliss-reactive ketones (excluding diaryl/α,β-unsaturated/α-hetero) is 1. The highest BCUT2D eigenvalue weighted by atomic mass is 16.3. The van der Waals surface area contributed by atoms with Crippen molar-refractivity contribution in [1.82, 2.24) is 9.88 Å². The van der Waals surface area contributed by atoms with Crippen molar-refractivity contribution in [2.24, 2.45) is 0 Å². The first-order valence-electron chi connectivity index (χ1n) is 10.0. The number of aromatic nitrogens is 1. The first-order chi connectivity index (χ1) is 15.0. The lowest BCUT2D eigenvalue weighted by Gasteiger charge is -2.25. The molecule has 0 bridgehead atoms. The summed E-state index contributed by atoms with van der Waals surface area (Å²) >= 11 is 0. The summed E-state index contributed by atoms with van der Waals surface area (Å²) in [5, 5.41) is 20.8. The molecule has 2 aromatic carbocycles. The van der Waals surface area contributed by atoms with Gasteiger partial charge in [-0.2, -0.15) is 0 Å². The van der Waals surface area contributed by atoms with Gasteiger partial charge in [0, 0.05) is 24.5 Å². The minimum atomic E-state index is -0.778. The number of pyridine rings is 1. The number of hydrogen-bond donors (Lipinski definition) is 2. The lowest BCUT2D eigenvalue weighted by atomic mass is 9.94. The standard InChI is InChI=1S/C25H22N2O4/c1-2-16-3-5-19(6-4-16)23(29)21-22(18-7-9-20(28)10-8-18)27(25(31)24(21)30)15-17-11-13-26-14-12-17/h3-14,22,28-29H,2,15H2,1H3/b23-21+. The van der Waals surface area contributed by atoms with Crippen LogP contribution in [0.25, 0.3) is 5.76 Å². The van der Waals surface area contributed by atoms with Crippen molar-refractivity contribution in [3.05, 3.63) is 101 Å². The minimum Gasteiger partial charge on any atom is -0.508 e. The predicted octanol–water partition coefficient (Wildman–Crippen LogP) is 3.97. The van der Waals surface area contributed by atoms with Crippen molar-refractivity contribution in [1.29, 1.82) is 0 Å². The number of carbonyl (C=O) groups excluding carboxylic acids is 2. The number of benzene rings is 2. The molecule has 2 N–H and O–H groups in total. The summed E-state index contributed by atoms with van der Waals surface area (Å²) in [6.45, 7) is 2.22. The van der Waals surface area contributed by atoms with Gasteiger partial charge in [0.25, 0.3) is 11.7 Å². The van der Waals surface area contributed by atoms with Gasteiger partial charge in [-0.15, -0.1) is 0 Å².